The van der Waals surface area contributed by atoms with Gasteiger partial charge in [0.1, 0.15) is 11.3 Å². The summed E-state index contributed by atoms with van der Waals surface area (Å²) < 4.78 is 0. The first-order valence-electron chi connectivity index (χ1n) is 9.49. The first kappa shape index (κ1) is 19.8. The molecule has 0 aliphatic heterocycles. The number of nitrogens with one attached hydrogen (secondary N) is 2. The first-order valence-corrected chi connectivity index (χ1v) is 9.49. The second-order valence-electron chi connectivity index (χ2n) is 6.67. The molecule has 1 amide bonds. The third-order valence-electron chi connectivity index (χ3n) is 4.59. The lowest BCUT2D eigenvalue weighted by Gasteiger charge is -2.12. The topological polar surface area (TPSA) is 107 Å². The summed E-state index contributed by atoms with van der Waals surface area (Å²) in [6, 6.07) is 24.8. The molecule has 7 heteroatoms. The number of H-pyrrole nitrogens is 1. The number of aromatic nitrogens is 2. The van der Waals surface area contributed by atoms with E-state index in [2.05, 4.69) is 20.7 Å². The minimum absolute atomic E-state index is 0.0806. The monoisotopic (exact) mass is 410 g/mol. The summed E-state index contributed by atoms with van der Waals surface area (Å²) in [6.07, 6.45) is 1.42. The van der Waals surface area contributed by atoms with E-state index < -0.39 is 11.5 Å². The van der Waals surface area contributed by atoms with Crippen LogP contribution < -0.4 is 11.0 Å². The van der Waals surface area contributed by atoms with Crippen LogP contribution in [0.5, 0.6) is 5.75 Å². The fourth-order valence-electron chi connectivity index (χ4n) is 3.14. The van der Waals surface area contributed by atoms with Gasteiger partial charge in [-0.15, -0.1) is 0 Å². The standard InChI is InChI=1S/C24H18N4O3/c29-19-13-11-16(12-14-19)15-25-27-23(30)21-20(17-7-3-1-4-8-17)22(26-28-24(21)31)18-9-5-2-6-10-18/h1-15,29H,(H,27,30)(H,28,31). The third kappa shape index (κ3) is 4.40. The number of hydrogen-bond donors (Lipinski definition) is 3. The average molecular weight is 410 g/mol. The number of phenols is 1. The molecule has 0 spiro atoms. The van der Waals surface area contributed by atoms with Crippen LogP contribution in [-0.4, -0.2) is 27.4 Å². The fraction of sp³-hybridized carbons (Fsp3) is 0. The zero-order chi connectivity index (χ0) is 21.6. The highest BCUT2D eigenvalue weighted by atomic mass is 16.3. The summed E-state index contributed by atoms with van der Waals surface area (Å²) >= 11 is 0. The SMILES string of the molecule is O=C(NN=Cc1ccc(O)cc1)c1c(-c2ccccc2)c(-c2ccccc2)n[nH]c1=O. The quantitative estimate of drug-likeness (QED) is 0.345. The van der Waals surface area contributed by atoms with Gasteiger partial charge in [-0.25, -0.2) is 10.5 Å². The summed E-state index contributed by atoms with van der Waals surface area (Å²) in [5.41, 5.74) is 4.75. The number of carbonyl (C=O) groups is 1. The Morgan fingerprint density at radius 2 is 1.52 bits per heavy atom. The van der Waals surface area contributed by atoms with Crippen LogP contribution in [0.2, 0.25) is 0 Å². The predicted octanol–water partition coefficient (Wildman–Crippen LogP) is 3.57. The summed E-state index contributed by atoms with van der Waals surface area (Å²) in [5.74, 6) is -0.528. The van der Waals surface area contributed by atoms with Crippen molar-refractivity contribution in [2.75, 3.05) is 0 Å². The number of carbonyl (C=O) groups excluding carboxylic acids is 1. The molecule has 3 aromatic carbocycles. The molecular weight excluding hydrogens is 392 g/mol. The Hall–Kier alpha value is -4.52. The van der Waals surface area contributed by atoms with E-state index in [0.717, 1.165) is 5.56 Å². The van der Waals surface area contributed by atoms with Crippen LogP contribution in [0.3, 0.4) is 0 Å². The molecule has 3 N–H and O–H groups in total. The Kier molecular flexibility index (Phi) is 5.66. The normalized spacial score (nSPS) is 10.8. The zero-order valence-electron chi connectivity index (χ0n) is 16.3. The second kappa shape index (κ2) is 8.87. The lowest BCUT2D eigenvalue weighted by molar-refractivity contribution is 0.0954. The molecule has 0 saturated carbocycles. The first-order chi connectivity index (χ1) is 15.1. The smallest absolute Gasteiger partial charge is 0.277 e. The molecule has 0 aliphatic rings. The summed E-state index contributed by atoms with van der Waals surface area (Å²) in [5, 5.41) is 19.9. The number of benzene rings is 3. The third-order valence-corrected chi connectivity index (χ3v) is 4.59. The van der Waals surface area contributed by atoms with Crippen molar-refractivity contribution in [2.45, 2.75) is 0 Å². The Morgan fingerprint density at radius 1 is 0.903 bits per heavy atom. The number of hydrazone groups is 1. The molecule has 0 fully saturated rings. The summed E-state index contributed by atoms with van der Waals surface area (Å²) in [7, 11) is 0. The molecule has 152 valence electrons. The van der Waals surface area contributed by atoms with Gasteiger partial charge in [0.15, 0.2) is 0 Å². The molecule has 0 aliphatic carbocycles. The van der Waals surface area contributed by atoms with Gasteiger partial charge in [0.2, 0.25) is 0 Å². The van der Waals surface area contributed by atoms with Gasteiger partial charge in [-0.2, -0.15) is 10.2 Å². The van der Waals surface area contributed by atoms with Crippen molar-refractivity contribution in [3.05, 3.63) is 106 Å². The molecule has 0 saturated heterocycles. The Bertz CT molecular complexity index is 1280. The number of aromatic hydroxyl groups is 1. The van der Waals surface area contributed by atoms with Gasteiger partial charge >= 0.3 is 0 Å². The lowest BCUT2D eigenvalue weighted by Crippen LogP contribution is -2.28. The van der Waals surface area contributed by atoms with Gasteiger partial charge in [0, 0.05) is 11.1 Å². The highest BCUT2D eigenvalue weighted by molar-refractivity contribution is 6.03. The minimum Gasteiger partial charge on any atom is -0.508 e. The number of amides is 1. The van der Waals surface area contributed by atoms with Crippen LogP contribution in [0.1, 0.15) is 15.9 Å². The van der Waals surface area contributed by atoms with Gasteiger partial charge < -0.3 is 5.11 Å². The van der Waals surface area contributed by atoms with Crippen LogP contribution in [0, 0.1) is 0 Å². The molecule has 1 aromatic heterocycles. The van der Waals surface area contributed by atoms with Crippen molar-refractivity contribution in [3.63, 3.8) is 0 Å². The second-order valence-corrected chi connectivity index (χ2v) is 6.67. The highest BCUT2D eigenvalue weighted by Crippen LogP contribution is 2.31. The van der Waals surface area contributed by atoms with Gasteiger partial charge in [0.05, 0.1) is 11.9 Å². The lowest BCUT2D eigenvalue weighted by atomic mass is 9.95. The van der Waals surface area contributed by atoms with Crippen molar-refractivity contribution in [2.24, 2.45) is 5.10 Å². The van der Waals surface area contributed by atoms with E-state index in [-0.39, 0.29) is 11.3 Å². The molecule has 0 bridgehead atoms. The summed E-state index contributed by atoms with van der Waals surface area (Å²) in [4.78, 5) is 25.6. The van der Waals surface area contributed by atoms with Crippen molar-refractivity contribution in [1.29, 1.82) is 0 Å². The van der Waals surface area contributed by atoms with Gasteiger partial charge in [0.25, 0.3) is 11.5 Å². The minimum atomic E-state index is -0.658. The molecule has 0 radical (unpaired) electrons. The number of hydrogen-bond acceptors (Lipinski definition) is 5. The maximum absolute atomic E-state index is 13.0. The molecule has 4 aromatic rings. The molecule has 7 nitrogen and oxygen atoms in total. The number of aromatic amines is 1. The molecule has 0 unspecified atom stereocenters. The van der Waals surface area contributed by atoms with E-state index in [0.29, 0.717) is 22.4 Å². The number of rotatable bonds is 5. The van der Waals surface area contributed by atoms with Crippen LogP contribution in [0.4, 0.5) is 0 Å². The molecule has 31 heavy (non-hydrogen) atoms. The van der Waals surface area contributed by atoms with E-state index in [1.54, 1.807) is 12.1 Å². The summed E-state index contributed by atoms with van der Waals surface area (Å²) in [6.45, 7) is 0. The predicted molar refractivity (Wildman–Crippen MR) is 119 cm³/mol. The Morgan fingerprint density at radius 3 is 2.16 bits per heavy atom. The fourth-order valence-corrected chi connectivity index (χ4v) is 3.14. The van der Waals surface area contributed by atoms with E-state index in [1.807, 2.05) is 60.7 Å². The average Bonchev–Trinajstić information content (AvgIpc) is 2.81. The zero-order valence-corrected chi connectivity index (χ0v) is 16.3. The van der Waals surface area contributed by atoms with E-state index in [4.69, 9.17) is 0 Å². The number of nitrogens with zero attached hydrogens (tertiary/aromatic N) is 2. The maximum Gasteiger partial charge on any atom is 0.277 e. The van der Waals surface area contributed by atoms with Gasteiger partial charge in [-0.3, -0.25) is 9.59 Å². The number of phenolic OH excluding ortho intramolecular Hbond substituents is 1. The molecule has 1 heterocycles. The largest absolute Gasteiger partial charge is 0.508 e. The Labute approximate surface area is 177 Å². The van der Waals surface area contributed by atoms with Crippen molar-refractivity contribution >= 4 is 12.1 Å². The van der Waals surface area contributed by atoms with Gasteiger partial charge in [-0.05, 0) is 35.4 Å². The van der Waals surface area contributed by atoms with Crippen molar-refractivity contribution < 1.29 is 9.90 Å². The Balaban J connectivity index is 1.76. The molecular formula is C24H18N4O3. The van der Waals surface area contributed by atoms with E-state index in [1.165, 1.54) is 18.3 Å². The van der Waals surface area contributed by atoms with Crippen LogP contribution in [-0.2, 0) is 0 Å². The van der Waals surface area contributed by atoms with Crippen molar-refractivity contribution in [1.82, 2.24) is 15.6 Å². The van der Waals surface area contributed by atoms with E-state index in [9.17, 15) is 14.7 Å². The van der Waals surface area contributed by atoms with Crippen LogP contribution >= 0.6 is 0 Å². The van der Waals surface area contributed by atoms with Crippen LogP contribution in [0.25, 0.3) is 22.4 Å². The van der Waals surface area contributed by atoms with E-state index >= 15 is 0 Å². The maximum atomic E-state index is 13.0. The van der Waals surface area contributed by atoms with Crippen molar-refractivity contribution in [3.8, 4) is 28.1 Å². The molecule has 4 rings (SSSR count). The molecule has 0 atom stereocenters. The highest BCUT2D eigenvalue weighted by Gasteiger charge is 2.22. The van der Waals surface area contributed by atoms with Gasteiger partial charge in [-0.1, -0.05) is 60.7 Å². The van der Waals surface area contributed by atoms with Crippen LogP contribution in [0.15, 0.2) is 94.8 Å².